The molecule has 0 radical (unpaired) electrons. The molecule has 0 bridgehead atoms. The van der Waals surface area contributed by atoms with E-state index in [0.717, 1.165) is 34.0 Å². The van der Waals surface area contributed by atoms with Crippen molar-refractivity contribution in [1.82, 2.24) is 29.3 Å². The first kappa shape index (κ1) is 22.4. The van der Waals surface area contributed by atoms with E-state index >= 15 is 0 Å². The molecule has 3 aromatic heterocycles. The van der Waals surface area contributed by atoms with Crippen molar-refractivity contribution in [3.8, 4) is 22.8 Å². The predicted octanol–water partition coefficient (Wildman–Crippen LogP) is 4.05. The van der Waals surface area contributed by atoms with E-state index in [1.54, 1.807) is 23.1 Å². The van der Waals surface area contributed by atoms with Crippen molar-refractivity contribution in [3.63, 3.8) is 0 Å². The maximum absolute atomic E-state index is 13.3. The average molecular weight is 445 g/mol. The fourth-order valence-corrected chi connectivity index (χ4v) is 3.63. The molecule has 0 N–H and O–H groups in total. The highest BCUT2D eigenvalue weighted by Crippen LogP contribution is 2.25. The Balaban J connectivity index is 1.71. The zero-order valence-corrected chi connectivity index (χ0v) is 19.8. The van der Waals surface area contributed by atoms with Gasteiger partial charge in [-0.3, -0.25) is 14.0 Å². The molecule has 8 heteroatoms. The first-order chi connectivity index (χ1) is 15.7. The summed E-state index contributed by atoms with van der Waals surface area (Å²) >= 11 is 0. The van der Waals surface area contributed by atoms with Crippen molar-refractivity contribution < 1.29 is 4.74 Å². The van der Waals surface area contributed by atoms with Gasteiger partial charge in [0.1, 0.15) is 18.3 Å². The molecule has 0 aliphatic heterocycles. The summed E-state index contributed by atoms with van der Waals surface area (Å²) in [7, 11) is 1.85. The Labute approximate surface area is 192 Å². The second-order valence-corrected chi connectivity index (χ2v) is 8.46. The molecule has 4 aromatic rings. The molecule has 4 rings (SSSR count). The average Bonchev–Trinajstić information content (AvgIpc) is 3.21. The van der Waals surface area contributed by atoms with Gasteiger partial charge in [0.15, 0.2) is 0 Å². The van der Waals surface area contributed by atoms with E-state index in [1.807, 2.05) is 56.7 Å². The van der Waals surface area contributed by atoms with Gasteiger partial charge in [0.05, 0.1) is 22.6 Å². The molecule has 33 heavy (non-hydrogen) atoms. The van der Waals surface area contributed by atoms with Crippen LogP contribution in [0.4, 0.5) is 0 Å². The Kier molecular flexibility index (Phi) is 6.09. The van der Waals surface area contributed by atoms with E-state index < -0.39 is 0 Å². The SMILES string of the molecule is Cc1cnc(C(C)C)nc1-c1cccc(-n2c(C)nc(OCc3ccn(C)n3)c(C)c2=O)c1. The first-order valence-corrected chi connectivity index (χ1v) is 10.9. The van der Waals surface area contributed by atoms with Crippen LogP contribution in [0.5, 0.6) is 5.88 Å². The molecule has 0 saturated heterocycles. The summed E-state index contributed by atoms with van der Waals surface area (Å²) in [6.45, 7) is 9.90. The number of rotatable bonds is 6. The van der Waals surface area contributed by atoms with Crippen LogP contribution in [-0.2, 0) is 13.7 Å². The van der Waals surface area contributed by atoms with E-state index in [0.29, 0.717) is 17.3 Å². The molecule has 170 valence electrons. The van der Waals surface area contributed by atoms with Crippen molar-refractivity contribution >= 4 is 0 Å². The summed E-state index contributed by atoms with van der Waals surface area (Å²) in [5.74, 6) is 1.88. The summed E-state index contributed by atoms with van der Waals surface area (Å²) in [5, 5.41) is 4.30. The minimum absolute atomic E-state index is 0.169. The molecule has 0 atom stereocenters. The van der Waals surface area contributed by atoms with Crippen molar-refractivity contribution in [3.05, 3.63) is 81.5 Å². The number of ether oxygens (including phenoxy) is 1. The van der Waals surface area contributed by atoms with Gasteiger partial charge >= 0.3 is 0 Å². The lowest BCUT2D eigenvalue weighted by molar-refractivity contribution is 0.283. The lowest BCUT2D eigenvalue weighted by atomic mass is 10.1. The summed E-state index contributed by atoms with van der Waals surface area (Å²) in [6, 6.07) is 9.65. The topological polar surface area (TPSA) is 87.7 Å². The molecule has 8 nitrogen and oxygen atoms in total. The van der Waals surface area contributed by atoms with Crippen LogP contribution < -0.4 is 10.3 Å². The molecule has 0 aliphatic rings. The minimum atomic E-state index is -0.169. The smallest absolute Gasteiger partial charge is 0.264 e. The Bertz CT molecular complexity index is 1370. The normalized spacial score (nSPS) is 11.2. The van der Waals surface area contributed by atoms with E-state index in [9.17, 15) is 4.79 Å². The quantitative estimate of drug-likeness (QED) is 0.446. The van der Waals surface area contributed by atoms with Crippen molar-refractivity contribution in [2.75, 3.05) is 0 Å². The molecule has 0 saturated carbocycles. The largest absolute Gasteiger partial charge is 0.471 e. The van der Waals surface area contributed by atoms with Gasteiger partial charge < -0.3 is 4.74 Å². The van der Waals surface area contributed by atoms with Gasteiger partial charge in [-0.25, -0.2) is 9.97 Å². The number of hydrogen-bond acceptors (Lipinski definition) is 6. The highest BCUT2D eigenvalue weighted by molar-refractivity contribution is 5.65. The van der Waals surface area contributed by atoms with Gasteiger partial charge in [-0.2, -0.15) is 10.1 Å². The maximum Gasteiger partial charge on any atom is 0.264 e. The van der Waals surface area contributed by atoms with Crippen molar-refractivity contribution in [2.45, 2.75) is 47.1 Å². The molecule has 3 heterocycles. The molecule has 0 amide bonds. The molecular weight excluding hydrogens is 416 g/mol. The molecule has 0 aliphatic carbocycles. The monoisotopic (exact) mass is 444 g/mol. The second kappa shape index (κ2) is 8.97. The summed E-state index contributed by atoms with van der Waals surface area (Å²) in [5.41, 5.74) is 4.54. The van der Waals surface area contributed by atoms with Crippen LogP contribution in [-0.4, -0.2) is 29.3 Å². The Morgan fingerprint density at radius 2 is 1.88 bits per heavy atom. The van der Waals surface area contributed by atoms with Crippen LogP contribution in [0.25, 0.3) is 16.9 Å². The summed E-state index contributed by atoms with van der Waals surface area (Å²) < 4.78 is 9.13. The second-order valence-electron chi connectivity index (χ2n) is 8.46. The third kappa shape index (κ3) is 4.55. The molecule has 0 spiro atoms. The predicted molar refractivity (Wildman–Crippen MR) is 127 cm³/mol. The van der Waals surface area contributed by atoms with Crippen LogP contribution >= 0.6 is 0 Å². The zero-order chi connectivity index (χ0) is 23.7. The minimum Gasteiger partial charge on any atom is -0.471 e. The van der Waals surface area contributed by atoms with Gasteiger partial charge in [-0.15, -0.1) is 0 Å². The van der Waals surface area contributed by atoms with Gasteiger partial charge in [-0.05, 0) is 44.5 Å². The molecule has 1 aromatic carbocycles. The van der Waals surface area contributed by atoms with Gasteiger partial charge in [-0.1, -0.05) is 26.0 Å². The van der Waals surface area contributed by atoms with Gasteiger partial charge in [0, 0.05) is 30.9 Å². The highest BCUT2D eigenvalue weighted by Gasteiger charge is 2.16. The van der Waals surface area contributed by atoms with E-state index in [-0.39, 0.29) is 18.1 Å². The van der Waals surface area contributed by atoms with Crippen LogP contribution in [0.15, 0.2) is 47.5 Å². The van der Waals surface area contributed by atoms with Crippen LogP contribution in [0.2, 0.25) is 0 Å². The lowest BCUT2D eigenvalue weighted by Gasteiger charge is -2.15. The molecule has 0 unspecified atom stereocenters. The van der Waals surface area contributed by atoms with Crippen LogP contribution in [0.1, 0.15) is 48.2 Å². The third-order valence-corrected chi connectivity index (χ3v) is 5.44. The maximum atomic E-state index is 13.3. The van der Waals surface area contributed by atoms with E-state index in [4.69, 9.17) is 9.72 Å². The number of aryl methyl sites for hydroxylation is 3. The number of nitrogens with zero attached hydrogens (tertiary/aromatic N) is 6. The van der Waals surface area contributed by atoms with Crippen LogP contribution in [0.3, 0.4) is 0 Å². The Morgan fingerprint density at radius 3 is 2.58 bits per heavy atom. The van der Waals surface area contributed by atoms with Gasteiger partial charge in [0.25, 0.3) is 5.56 Å². The van der Waals surface area contributed by atoms with Gasteiger partial charge in [0.2, 0.25) is 5.88 Å². The fourth-order valence-electron chi connectivity index (χ4n) is 3.63. The fraction of sp³-hybridized carbons (Fsp3) is 0.320. The third-order valence-electron chi connectivity index (χ3n) is 5.44. The standard InChI is InChI=1S/C25H28N6O2/c1-15(2)23-26-13-16(3)22(28-23)19-8-7-9-21(12-19)31-18(5)27-24(17(4)25(31)32)33-14-20-10-11-30(6)29-20/h7-13,15H,14H2,1-6H3. The highest BCUT2D eigenvalue weighted by atomic mass is 16.5. The molecular formula is C25H28N6O2. The summed E-state index contributed by atoms with van der Waals surface area (Å²) in [4.78, 5) is 27.1. The van der Waals surface area contributed by atoms with Crippen molar-refractivity contribution in [2.24, 2.45) is 7.05 Å². The number of benzene rings is 1. The van der Waals surface area contributed by atoms with E-state index in [2.05, 4.69) is 28.9 Å². The molecule has 0 fully saturated rings. The zero-order valence-electron chi connectivity index (χ0n) is 19.8. The van der Waals surface area contributed by atoms with E-state index in [1.165, 1.54) is 0 Å². The van der Waals surface area contributed by atoms with Crippen LogP contribution in [0, 0.1) is 20.8 Å². The summed E-state index contributed by atoms with van der Waals surface area (Å²) in [6.07, 6.45) is 3.69. The lowest BCUT2D eigenvalue weighted by Crippen LogP contribution is -2.25. The Morgan fingerprint density at radius 1 is 1.09 bits per heavy atom. The number of aromatic nitrogens is 6. The Hall–Kier alpha value is -3.81. The van der Waals surface area contributed by atoms with Crippen molar-refractivity contribution in [1.29, 1.82) is 0 Å². The first-order valence-electron chi connectivity index (χ1n) is 10.9. The number of hydrogen-bond donors (Lipinski definition) is 0.